The molecule has 0 bridgehead atoms. The van der Waals surface area contributed by atoms with Crippen LogP contribution >= 0.6 is 23.2 Å². The number of aromatic nitrogens is 3. The molecule has 4 rings (SSSR count). The number of aryl methyl sites for hydroxylation is 1. The molecule has 1 amide bonds. The second kappa shape index (κ2) is 8.30. The normalized spacial score (nSPS) is 10.8. The van der Waals surface area contributed by atoms with Crippen molar-refractivity contribution < 1.29 is 4.79 Å². The van der Waals surface area contributed by atoms with Crippen LogP contribution in [0.15, 0.2) is 66.7 Å². The summed E-state index contributed by atoms with van der Waals surface area (Å²) < 4.78 is 1.65. The summed E-state index contributed by atoms with van der Waals surface area (Å²) in [5.74, 6) is 0.172. The maximum Gasteiger partial charge on any atom is 0.295 e. The summed E-state index contributed by atoms with van der Waals surface area (Å²) in [4.78, 5) is 17.4. The Bertz CT molecular complexity index is 1230. The van der Waals surface area contributed by atoms with Crippen LogP contribution in [-0.2, 0) is 0 Å². The molecular weight excluding hydrogens is 419 g/mol. The summed E-state index contributed by atoms with van der Waals surface area (Å²) in [6, 6.07) is 20.4. The molecule has 0 fully saturated rings. The second-order valence-corrected chi connectivity index (χ2v) is 7.73. The number of benzene rings is 3. The van der Waals surface area contributed by atoms with Crippen molar-refractivity contribution in [3.8, 4) is 17.1 Å². The minimum Gasteiger partial charge on any atom is -0.319 e. The molecule has 1 heterocycles. The highest BCUT2D eigenvalue weighted by molar-refractivity contribution is 6.31. The third-order valence-corrected chi connectivity index (χ3v) is 5.31. The van der Waals surface area contributed by atoms with E-state index in [0.29, 0.717) is 21.6 Å². The molecule has 7 heteroatoms. The molecule has 3 aromatic carbocycles. The summed E-state index contributed by atoms with van der Waals surface area (Å²) in [5.41, 5.74) is 4.14. The topological polar surface area (TPSA) is 59.8 Å². The summed E-state index contributed by atoms with van der Waals surface area (Å²) in [7, 11) is 0. The van der Waals surface area contributed by atoms with Crippen molar-refractivity contribution in [2.24, 2.45) is 0 Å². The standard InChI is InChI=1S/C23H18Cl2N4O/c1-14-9-11-16(12-10-14)22-27-21(23(30)26-18-6-3-5-17(24)13-18)28-29(22)20-8-4-7-19(25)15(20)2/h3-13H,1-2H3,(H,26,30). The lowest BCUT2D eigenvalue weighted by Gasteiger charge is -2.10. The predicted molar refractivity (Wildman–Crippen MR) is 121 cm³/mol. The second-order valence-electron chi connectivity index (χ2n) is 6.89. The number of nitrogens with one attached hydrogen (secondary N) is 1. The number of anilines is 1. The lowest BCUT2D eigenvalue weighted by molar-refractivity contribution is 0.101. The quantitative estimate of drug-likeness (QED) is 0.419. The Morgan fingerprint density at radius 3 is 2.43 bits per heavy atom. The Kier molecular flexibility index (Phi) is 5.57. The zero-order valence-corrected chi connectivity index (χ0v) is 17.9. The summed E-state index contributed by atoms with van der Waals surface area (Å²) >= 11 is 12.3. The molecule has 0 atom stereocenters. The molecule has 0 saturated carbocycles. The van der Waals surface area contributed by atoms with Gasteiger partial charge in [0.15, 0.2) is 5.82 Å². The molecule has 5 nitrogen and oxygen atoms in total. The van der Waals surface area contributed by atoms with E-state index in [1.165, 1.54) is 0 Å². The van der Waals surface area contributed by atoms with E-state index in [4.69, 9.17) is 23.2 Å². The molecular formula is C23H18Cl2N4O. The highest BCUT2D eigenvalue weighted by atomic mass is 35.5. The van der Waals surface area contributed by atoms with E-state index in [9.17, 15) is 4.79 Å². The van der Waals surface area contributed by atoms with Gasteiger partial charge in [-0.05, 0) is 49.7 Å². The third-order valence-electron chi connectivity index (χ3n) is 4.67. The van der Waals surface area contributed by atoms with E-state index in [0.717, 1.165) is 22.4 Å². The number of carbonyl (C=O) groups excluding carboxylic acids is 1. The van der Waals surface area contributed by atoms with Gasteiger partial charge in [-0.1, -0.05) is 65.2 Å². The summed E-state index contributed by atoms with van der Waals surface area (Å²) in [6.45, 7) is 3.92. The van der Waals surface area contributed by atoms with Crippen LogP contribution in [0.1, 0.15) is 21.7 Å². The Morgan fingerprint density at radius 1 is 0.967 bits per heavy atom. The van der Waals surface area contributed by atoms with E-state index in [2.05, 4.69) is 15.4 Å². The number of hydrogen-bond acceptors (Lipinski definition) is 3. The molecule has 30 heavy (non-hydrogen) atoms. The average molecular weight is 437 g/mol. The number of hydrogen-bond donors (Lipinski definition) is 1. The SMILES string of the molecule is Cc1ccc(-c2nc(C(=O)Nc3cccc(Cl)c3)nn2-c2cccc(Cl)c2C)cc1. The number of nitrogens with zero attached hydrogens (tertiary/aromatic N) is 3. The maximum atomic E-state index is 12.8. The highest BCUT2D eigenvalue weighted by Gasteiger charge is 2.20. The smallest absolute Gasteiger partial charge is 0.295 e. The highest BCUT2D eigenvalue weighted by Crippen LogP contribution is 2.27. The van der Waals surface area contributed by atoms with Crippen LogP contribution < -0.4 is 5.32 Å². The first-order valence-corrected chi connectivity index (χ1v) is 10.0. The monoisotopic (exact) mass is 436 g/mol. The third kappa shape index (κ3) is 4.08. The lowest BCUT2D eigenvalue weighted by Crippen LogP contribution is -2.14. The number of halogens is 2. The maximum absolute atomic E-state index is 12.8. The Labute approximate surface area is 184 Å². The molecule has 150 valence electrons. The molecule has 0 radical (unpaired) electrons. The van der Waals surface area contributed by atoms with E-state index in [1.54, 1.807) is 28.9 Å². The van der Waals surface area contributed by atoms with Crippen molar-refractivity contribution in [3.05, 3.63) is 93.7 Å². The number of carbonyl (C=O) groups is 1. The van der Waals surface area contributed by atoms with Gasteiger partial charge in [0.05, 0.1) is 5.69 Å². The van der Waals surface area contributed by atoms with Gasteiger partial charge in [-0.2, -0.15) is 0 Å². The number of amides is 1. The van der Waals surface area contributed by atoms with Crippen molar-refractivity contribution in [3.63, 3.8) is 0 Å². The van der Waals surface area contributed by atoms with Crippen LogP contribution in [0.4, 0.5) is 5.69 Å². The Balaban J connectivity index is 1.80. The first kappa shape index (κ1) is 20.1. The average Bonchev–Trinajstić information content (AvgIpc) is 3.16. The molecule has 0 aliphatic rings. The zero-order valence-electron chi connectivity index (χ0n) is 16.4. The molecule has 0 saturated heterocycles. The van der Waals surface area contributed by atoms with Crippen LogP contribution in [0.5, 0.6) is 0 Å². The molecule has 0 aliphatic carbocycles. The van der Waals surface area contributed by atoms with Crippen molar-refractivity contribution in [1.29, 1.82) is 0 Å². The van der Waals surface area contributed by atoms with E-state index < -0.39 is 5.91 Å². The van der Waals surface area contributed by atoms with E-state index in [1.807, 2.05) is 56.3 Å². The lowest BCUT2D eigenvalue weighted by atomic mass is 10.1. The van der Waals surface area contributed by atoms with Crippen molar-refractivity contribution >= 4 is 34.8 Å². The minimum atomic E-state index is -0.427. The van der Waals surface area contributed by atoms with Gasteiger partial charge in [-0.15, -0.1) is 5.10 Å². The van der Waals surface area contributed by atoms with Gasteiger partial charge >= 0.3 is 0 Å². The summed E-state index contributed by atoms with van der Waals surface area (Å²) in [6.07, 6.45) is 0. The number of rotatable bonds is 4. The van der Waals surface area contributed by atoms with Gasteiger partial charge in [0, 0.05) is 21.3 Å². The van der Waals surface area contributed by atoms with E-state index >= 15 is 0 Å². The fraction of sp³-hybridized carbons (Fsp3) is 0.0870. The Morgan fingerprint density at radius 2 is 1.70 bits per heavy atom. The van der Waals surface area contributed by atoms with Gasteiger partial charge < -0.3 is 5.32 Å². The first-order chi connectivity index (χ1) is 14.4. The fourth-order valence-corrected chi connectivity index (χ4v) is 3.40. The van der Waals surface area contributed by atoms with Crippen LogP contribution in [0.3, 0.4) is 0 Å². The van der Waals surface area contributed by atoms with Crippen LogP contribution in [0.2, 0.25) is 10.0 Å². The largest absolute Gasteiger partial charge is 0.319 e. The molecule has 0 spiro atoms. The molecule has 4 aromatic rings. The summed E-state index contributed by atoms with van der Waals surface area (Å²) in [5, 5.41) is 8.43. The van der Waals surface area contributed by atoms with Crippen LogP contribution in [-0.4, -0.2) is 20.7 Å². The zero-order chi connectivity index (χ0) is 21.3. The molecule has 0 aliphatic heterocycles. The van der Waals surface area contributed by atoms with Gasteiger partial charge in [-0.25, -0.2) is 9.67 Å². The fourth-order valence-electron chi connectivity index (χ4n) is 3.04. The van der Waals surface area contributed by atoms with E-state index in [-0.39, 0.29) is 5.82 Å². The molecule has 1 N–H and O–H groups in total. The van der Waals surface area contributed by atoms with Gasteiger partial charge in [0.25, 0.3) is 5.91 Å². The Hall–Kier alpha value is -3.15. The van der Waals surface area contributed by atoms with Gasteiger partial charge in [0.2, 0.25) is 5.82 Å². The van der Waals surface area contributed by atoms with Gasteiger partial charge in [-0.3, -0.25) is 4.79 Å². The van der Waals surface area contributed by atoms with Gasteiger partial charge in [0.1, 0.15) is 0 Å². The minimum absolute atomic E-state index is 0.0462. The van der Waals surface area contributed by atoms with Crippen LogP contribution in [0, 0.1) is 13.8 Å². The molecule has 0 unspecified atom stereocenters. The van der Waals surface area contributed by atoms with Crippen molar-refractivity contribution in [2.45, 2.75) is 13.8 Å². The van der Waals surface area contributed by atoms with Crippen molar-refractivity contribution in [2.75, 3.05) is 5.32 Å². The predicted octanol–water partition coefficient (Wildman–Crippen LogP) is 6.11. The van der Waals surface area contributed by atoms with Crippen molar-refractivity contribution in [1.82, 2.24) is 14.8 Å². The first-order valence-electron chi connectivity index (χ1n) is 9.29. The van der Waals surface area contributed by atoms with Crippen LogP contribution in [0.25, 0.3) is 17.1 Å². The molecule has 1 aromatic heterocycles.